The van der Waals surface area contributed by atoms with Crippen molar-refractivity contribution >= 4 is 35.4 Å². The standard InChI is InChI=1S/C19H20Cl2N4O2S/c1-24(10-12-4-7-16(26-2)17(8-12)27-3)11-25-19(28)22-18(23-25)14-6-5-13(20)9-15(14)21/h4-9H,10-11H2,1-3H3,(H,22,23,28). The van der Waals surface area contributed by atoms with E-state index in [2.05, 4.69) is 15.0 Å². The summed E-state index contributed by atoms with van der Waals surface area (Å²) in [6.07, 6.45) is 0. The number of rotatable bonds is 7. The minimum absolute atomic E-state index is 0.445. The number of nitrogens with zero attached hydrogens (tertiary/aromatic N) is 3. The van der Waals surface area contributed by atoms with Gasteiger partial charge in [-0.15, -0.1) is 0 Å². The molecule has 3 aromatic rings. The van der Waals surface area contributed by atoms with Gasteiger partial charge in [-0.3, -0.25) is 10.00 Å². The second-order valence-corrected chi connectivity index (χ2v) is 7.46. The van der Waals surface area contributed by atoms with E-state index in [1.807, 2.05) is 31.3 Å². The molecule has 0 spiro atoms. The van der Waals surface area contributed by atoms with E-state index in [1.165, 1.54) is 0 Å². The molecule has 1 N–H and O–H groups in total. The lowest BCUT2D eigenvalue weighted by Gasteiger charge is -2.18. The molecule has 148 valence electrons. The maximum atomic E-state index is 6.27. The number of hydrogen-bond acceptors (Lipinski definition) is 5. The van der Waals surface area contributed by atoms with Crippen molar-refractivity contribution in [3.8, 4) is 22.9 Å². The number of aromatic amines is 1. The number of aromatic nitrogens is 3. The molecule has 3 rings (SSSR count). The smallest absolute Gasteiger partial charge is 0.217 e. The molecular formula is C19H20Cl2N4O2S. The first kappa shape index (κ1) is 20.7. The Morgan fingerprint density at radius 2 is 1.86 bits per heavy atom. The Hall–Kier alpha value is -2.06. The van der Waals surface area contributed by atoms with Gasteiger partial charge in [-0.05, 0) is 55.2 Å². The topological polar surface area (TPSA) is 55.3 Å². The predicted molar refractivity (Wildman–Crippen MR) is 114 cm³/mol. The molecule has 0 saturated heterocycles. The summed E-state index contributed by atoms with van der Waals surface area (Å²) in [5, 5.41) is 4.29. The highest BCUT2D eigenvalue weighted by atomic mass is 35.5. The van der Waals surface area contributed by atoms with Gasteiger partial charge in [0.05, 0.1) is 25.9 Å². The zero-order valence-corrected chi connectivity index (χ0v) is 18.0. The molecule has 28 heavy (non-hydrogen) atoms. The van der Waals surface area contributed by atoms with E-state index in [0.29, 0.717) is 45.4 Å². The van der Waals surface area contributed by atoms with Crippen molar-refractivity contribution in [2.45, 2.75) is 13.2 Å². The minimum atomic E-state index is 0.445. The van der Waals surface area contributed by atoms with Crippen molar-refractivity contribution < 1.29 is 9.47 Å². The molecule has 0 unspecified atom stereocenters. The van der Waals surface area contributed by atoms with Crippen LogP contribution in [0.2, 0.25) is 10.0 Å². The van der Waals surface area contributed by atoms with Gasteiger partial charge in [0.25, 0.3) is 0 Å². The van der Waals surface area contributed by atoms with Crippen LogP contribution in [0.4, 0.5) is 0 Å². The summed E-state index contributed by atoms with van der Waals surface area (Å²) in [6, 6.07) is 11.1. The number of nitrogens with one attached hydrogen (secondary N) is 1. The lowest BCUT2D eigenvalue weighted by molar-refractivity contribution is 0.244. The third-order valence-electron chi connectivity index (χ3n) is 4.15. The first-order valence-electron chi connectivity index (χ1n) is 8.43. The first-order valence-corrected chi connectivity index (χ1v) is 9.59. The fraction of sp³-hybridized carbons (Fsp3) is 0.263. The number of methoxy groups -OCH3 is 2. The molecule has 0 aliphatic rings. The van der Waals surface area contributed by atoms with Gasteiger partial charge >= 0.3 is 0 Å². The lowest BCUT2D eigenvalue weighted by Crippen LogP contribution is -2.22. The SMILES string of the molecule is COc1ccc(CN(C)Cn2[nH]c(-c3ccc(Cl)cc3Cl)nc2=S)cc1OC. The zero-order chi connectivity index (χ0) is 20.3. The number of hydrogen-bond donors (Lipinski definition) is 1. The highest BCUT2D eigenvalue weighted by molar-refractivity contribution is 7.71. The van der Waals surface area contributed by atoms with Crippen molar-refractivity contribution in [3.63, 3.8) is 0 Å². The second-order valence-electron chi connectivity index (χ2n) is 6.25. The zero-order valence-electron chi connectivity index (χ0n) is 15.7. The predicted octanol–water partition coefficient (Wildman–Crippen LogP) is 5.02. The van der Waals surface area contributed by atoms with Crippen LogP contribution in [0.5, 0.6) is 11.5 Å². The highest BCUT2D eigenvalue weighted by Crippen LogP contribution is 2.29. The Morgan fingerprint density at radius 1 is 1.11 bits per heavy atom. The molecule has 1 heterocycles. The maximum Gasteiger partial charge on any atom is 0.217 e. The number of halogens is 2. The monoisotopic (exact) mass is 438 g/mol. The van der Waals surface area contributed by atoms with Gasteiger partial charge in [0.1, 0.15) is 0 Å². The van der Waals surface area contributed by atoms with Crippen LogP contribution >= 0.6 is 35.4 Å². The average Bonchev–Trinajstić information content (AvgIpc) is 3.01. The summed E-state index contributed by atoms with van der Waals surface area (Å²) in [4.78, 5) is 6.51. The summed E-state index contributed by atoms with van der Waals surface area (Å²) < 4.78 is 12.9. The molecule has 0 aliphatic heterocycles. The molecule has 0 radical (unpaired) electrons. The van der Waals surface area contributed by atoms with Crippen LogP contribution in [0.25, 0.3) is 11.4 Å². The van der Waals surface area contributed by atoms with Crippen molar-refractivity contribution in [1.29, 1.82) is 0 Å². The average molecular weight is 439 g/mol. The Kier molecular flexibility index (Phi) is 6.61. The second kappa shape index (κ2) is 8.96. The van der Waals surface area contributed by atoms with Gasteiger partial charge in [0, 0.05) is 17.1 Å². The van der Waals surface area contributed by atoms with E-state index in [0.717, 1.165) is 11.1 Å². The van der Waals surface area contributed by atoms with E-state index in [4.69, 9.17) is 44.9 Å². The molecule has 2 aromatic carbocycles. The molecule has 0 saturated carbocycles. The number of ether oxygens (including phenoxy) is 2. The molecule has 0 fully saturated rings. The molecule has 0 aliphatic carbocycles. The Balaban J connectivity index is 1.75. The van der Waals surface area contributed by atoms with Gasteiger partial charge < -0.3 is 9.47 Å². The molecule has 0 bridgehead atoms. The summed E-state index contributed by atoms with van der Waals surface area (Å²) >= 11 is 17.6. The summed E-state index contributed by atoms with van der Waals surface area (Å²) in [7, 11) is 5.24. The van der Waals surface area contributed by atoms with E-state index < -0.39 is 0 Å². The van der Waals surface area contributed by atoms with Crippen molar-refractivity contribution in [2.75, 3.05) is 21.3 Å². The van der Waals surface area contributed by atoms with Crippen molar-refractivity contribution in [3.05, 3.63) is 56.8 Å². The molecule has 9 heteroatoms. The Bertz CT molecular complexity index is 1040. The Labute approximate surface area is 178 Å². The fourth-order valence-corrected chi connectivity index (χ4v) is 3.53. The minimum Gasteiger partial charge on any atom is -0.493 e. The Morgan fingerprint density at radius 3 is 2.54 bits per heavy atom. The van der Waals surface area contributed by atoms with Crippen LogP contribution < -0.4 is 9.47 Å². The quantitative estimate of drug-likeness (QED) is 0.524. The highest BCUT2D eigenvalue weighted by Gasteiger charge is 2.12. The van der Waals surface area contributed by atoms with Crippen LogP contribution in [0.3, 0.4) is 0 Å². The van der Waals surface area contributed by atoms with E-state index in [9.17, 15) is 0 Å². The third-order valence-corrected chi connectivity index (χ3v) is 5.01. The normalized spacial score (nSPS) is 11.1. The molecule has 1 aromatic heterocycles. The van der Waals surface area contributed by atoms with Crippen LogP contribution in [-0.2, 0) is 13.2 Å². The summed E-state index contributed by atoms with van der Waals surface area (Å²) in [5.74, 6) is 2.01. The van der Waals surface area contributed by atoms with Gasteiger partial charge in [-0.25, -0.2) is 4.68 Å². The van der Waals surface area contributed by atoms with Gasteiger partial charge in [-0.1, -0.05) is 29.3 Å². The van der Waals surface area contributed by atoms with Crippen molar-refractivity contribution in [2.24, 2.45) is 0 Å². The van der Waals surface area contributed by atoms with Crippen LogP contribution in [0, 0.1) is 4.77 Å². The molecule has 0 atom stereocenters. The molecule has 6 nitrogen and oxygen atoms in total. The van der Waals surface area contributed by atoms with Gasteiger partial charge in [0.2, 0.25) is 4.77 Å². The summed E-state index contributed by atoms with van der Waals surface area (Å²) in [6.45, 7) is 1.23. The van der Waals surface area contributed by atoms with Crippen LogP contribution in [0.15, 0.2) is 36.4 Å². The number of H-pyrrole nitrogens is 1. The van der Waals surface area contributed by atoms with Gasteiger partial charge in [0.15, 0.2) is 17.3 Å². The summed E-state index contributed by atoms with van der Waals surface area (Å²) in [5.41, 5.74) is 1.84. The van der Waals surface area contributed by atoms with Gasteiger partial charge in [-0.2, -0.15) is 4.98 Å². The molecule has 0 amide bonds. The maximum absolute atomic E-state index is 6.27. The van der Waals surface area contributed by atoms with Crippen LogP contribution in [-0.4, -0.2) is 40.9 Å². The van der Waals surface area contributed by atoms with E-state index in [-0.39, 0.29) is 0 Å². The first-order chi connectivity index (χ1) is 13.4. The molecular weight excluding hydrogens is 419 g/mol. The van der Waals surface area contributed by atoms with E-state index >= 15 is 0 Å². The number of benzene rings is 2. The van der Waals surface area contributed by atoms with E-state index in [1.54, 1.807) is 31.0 Å². The third kappa shape index (κ3) is 4.67. The fourth-order valence-electron chi connectivity index (χ4n) is 2.84. The lowest BCUT2D eigenvalue weighted by atomic mass is 10.2. The van der Waals surface area contributed by atoms with Crippen molar-refractivity contribution in [1.82, 2.24) is 19.7 Å². The van der Waals surface area contributed by atoms with Crippen LogP contribution in [0.1, 0.15) is 5.56 Å². The largest absolute Gasteiger partial charge is 0.493 e.